The molecule has 0 spiro atoms. The summed E-state index contributed by atoms with van der Waals surface area (Å²) >= 11 is 0. The Bertz CT molecular complexity index is 393. The summed E-state index contributed by atoms with van der Waals surface area (Å²) in [5, 5.41) is 8.78. The van der Waals surface area contributed by atoms with Gasteiger partial charge in [-0.3, -0.25) is 4.90 Å². The molecule has 0 atom stereocenters. The Hall–Kier alpha value is -1.33. The Labute approximate surface area is 106 Å². The van der Waals surface area contributed by atoms with Crippen LogP contribution in [0.5, 0.6) is 0 Å². The second-order valence-corrected chi connectivity index (χ2v) is 4.75. The maximum absolute atomic E-state index is 10.7. The van der Waals surface area contributed by atoms with E-state index in [9.17, 15) is 4.79 Å². The number of methoxy groups -OCH3 is 1. The molecule has 5 heteroatoms. The van der Waals surface area contributed by atoms with Crippen LogP contribution in [-0.2, 0) is 11.3 Å². The van der Waals surface area contributed by atoms with Crippen LogP contribution in [0, 0.1) is 5.92 Å². The standard InChI is InChI=1S/C13H19NO4/c1-17-9-10-4-6-14(7-5-10)8-11-2-3-12(18-11)13(15)16/h2-3,10H,4-9H2,1H3,(H,15,16). The van der Waals surface area contributed by atoms with Crippen molar-refractivity contribution in [2.24, 2.45) is 5.92 Å². The first-order valence-electron chi connectivity index (χ1n) is 6.22. The molecule has 0 bridgehead atoms. The van der Waals surface area contributed by atoms with E-state index in [0.717, 1.165) is 38.3 Å². The number of ether oxygens (including phenoxy) is 1. The van der Waals surface area contributed by atoms with E-state index in [2.05, 4.69) is 4.90 Å². The molecular formula is C13H19NO4. The number of carboxylic acids is 1. The van der Waals surface area contributed by atoms with Gasteiger partial charge in [-0.25, -0.2) is 4.79 Å². The fourth-order valence-electron chi connectivity index (χ4n) is 2.35. The lowest BCUT2D eigenvalue weighted by Gasteiger charge is -2.30. The van der Waals surface area contributed by atoms with E-state index in [4.69, 9.17) is 14.3 Å². The number of likely N-dealkylation sites (tertiary alicyclic amines) is 1. The molecule has 0 radical (unpaired) electrons. The maximum atomic E-state index is 10.7. The summed E-state index contributed by atoms with van der Waals surface area (Å²) in [5.74, 6) is 0.370. The minimum Gasteiger partial charge on any atom is -0.475 e. The Morgan fingerprint density at radius 2 is 2.22 bits per heavy atom. The summed E-state index contributed by atoms with van der Waals surface area (Å²) in [6.45, 7) is 3.54. The summed E-state index contributed by atoms with van der Waals surface area (Å²) in [7, 11) is 1.74. The van der Waals surface area contributed by atoms with Crippen LogP contribution >= 0.6 is 0 Å². The third-order valence-electron chi connectivity index (χ3n) is 3.36. The van der Waals surface area contributed by atoms with E-state index in [1.807, 2.05) is 0 Å². The van der Waals surface area contributed by atoms with Crippen molar-refractivity contribution in [1.82, 2.24) is 4.90 Å². The zero-order valence-corrected chi connectivity index (χ0v) is 10.6. The number of furan rings is 1. The smallest absolute Gasteiger partial charge is 0.371 e. The van der Waals surface area contributed by atoms with Crippen molar-refractivity contribution in [2.45, 2.75) is 19.4 Å². The molecule has 5 nitrogen and oxygen atoms in total. The third kappa shape index (κ3) is 3.34. The molecule has 1 aliphatic rings. The number of rotatable bonds is 5. The molecule has 0 aliphatic carbocycles. The van der Waals surface area contributed by atoms with Crippen LogP contribution in [0.15, 0.2) is 16.5 Å². The van der Waals surface area contributed by atoms with Gasteiger partial charge in [0.15, 0.2) is 0 Å². The molecule has 1 aromatic heterocycles. The van der Waals surface area contributed by atoms with E-state index >= 15 is 0 Å². The zero-order valence-electron chi connectivity index (χ0n) is 10.6. The van der Waals surface area contributed by atoms with Gasteiger partial charge in [-0.15, -0.1) is 0 Å². The molecule has 1 N–H and O–H groups in total. The maximum Gasteiger partial charge on any atom is 0.371 e. The van der Waals surface area contributed by atoms with Gasteiger partial charge >= 0.3 is 5.97 Å². The highest BCUT2D eigenvalue weighted by molar-refractivity contribution is 5.84. The molecule has 0 aromatic carbocycles. The number of hydrogen-bond acceptors (Lipinski definition) is 4. The predicted molar refractivity (Wildman–Crippen MR) is 65.5 cm³/mol. The average Bonchev–Trinajstić information content (AvgIpc) is 2.81. The van der Waals surface area contributed by atoms with Crippen molar-refractivity contribution in [2.75, 3.05) is 26.8 Å². The fourth-order valence-corrected chi connectivity index (χ4v) is 2.35. The number of hydrogen-bond donors (Lipinski definition) is 1. The van der Waals surface area contributed by atoms with Gasteiger partial charge in [-0.05, 0) is 44.0 Å². The highest BCUT2D eigenvalue weighted by Crippen LogP contribution is 2.19. The van der Waals surface area contributed by atoms with Crippen molar-refractivity contribution in [3.8, 4) is 0 Å². The molecular weight excluding hydrogens is 234 g/mol. The summed E-state index contributed by atoms with van der Waals surface area (Å²) < 4.78 is 10.4. The second kappa shape index (κ2) is 6.02. The quantitative estimate of drug-likeness (QED) is 0.867. The Morgan fingerprint density at radius 3 is 2.78 bits per heavy atom. The first-order chi connectivity index (χ1) is 8.69. The van der Waals surface area contributed by atoms with Crippen molar-refractivity contribution in [3.63, 3.8) is 0 Å². The van der Waals surface area contributed by atoms with Crippen LogP contribution in [0.4, 0.5) is 0 Å². The first kappa shape index (κ1) is 13.1. The van der Waals surface area contributed by atoms with Crippen LogP contribution in [0.3, 0.4) is 0 Å². The topological polar surface area (TPSA) is 62.9 Å². The van der Waals surface area contributed by atoms with Gasteiger partial charge in [-0.2, -0.15) is 0 Å². The molecule has 1 saturated heterocycles. The van der Waals surface area contributed by atoms with Gasteiger partial charge in [0, 0.05) is 13.7 Å². The molecule has 1 aromatic rings. The summed E-state index contributed by atoms with van der Waals surface area (Å²) in [5.41, 5.74) is 0. The Kier molecular flexibility index (Phi) is 4.38. The van der Waals surface area contributed by atoms with Crippen molar-refractivity contribution in [3.05, 3.63) is 23.7 Å². The van der Waals surface area contributed by atoms with Crippen molar-refractivity contribution < 1.29 is 19.1 Å². The van der Waals surface area contributed by atoms with E-state index in [1.165, 1.54) is 6.07 Å². The zero-order chi connectivity index (χ0) is 13.0. The molecule has 0 amide bonds. The van der Waals surface area contributed by atoms with Crippen LogP contribution in [-0.4, -0.2) is 42.8 Å². The Balaban J connectivity index is 1.82. The molecule has 2 rings (SSSR count). The highest BCUT2D eigenvalue weighted by atomic mass is 16.5. The van der Waals surface area contributed by atoms with E-state index in [0.29, 0.717) is 12.5 Å². The minimum atomic E-state index is -1.01. The van der Waals surface area contributed by atoms with Crippen LogP contribution in [0.1, 0.15) is 29.2 Å². The lowest BCUT2D eigenvalue weighted by atomic mass is 9.98. The number of nitrogens with zero attached hydrogens (tertiary/aromatic N) is 1. The van der Waals surface area contributed by atoms with Gasteiger partial charge < -0.3 is 14.3 Å². The Morgan fingerprint density at radius 1 is 1.50 bits per heavy atom. The number of aromatic carboxylic acids is 1. The number of carboxylic acid groups (broad SMARTS) is 1. The van der Waals surface area contributed by atoms with Gasteiger partial charge in [0.25, 0.3) is 0 Å². The monoisotopic (exact) mass is 253 g/mol. The lowest BCUT2D eigenvalue weighted by Crippen LogP contribution is -2.34. The average molecular weight is 253 g/mol. The number of piperidine rings is 1. The van der Waals surface area contributed by atoms with Gasteiger partial charge in [0.2, 0.25) is 5.76 Å². The summed E-state index contributed by atoms with van der Waals surface area (Å²) in [4.78, 5) is 13.0. The number of carbonyl (C=O) groups is 1. The molecule has 1 aliphatic heterocycles. The van der Waals surface area contributed by atoms with Gasteiger partial charge in [-0.1, -0.05) is 0 Å². The van der Waals surface area contributed by atoms with Gasteiger partial charge in [0.05, 0.1) is 6.54 Å². The van der Waals surface area contributed by atoms with Gasteiger partial charge in [0.1, 0.15) is 5.76 Å². The van der Waals surface area contributed by atoms with Crippen LogP contribution < -0.4 is 0 Å². The fraction of sp³-hybridized carbons (Fsp3) is 0.615. The molecule has 100 valence electrons. The molecule has 18 heavy (non-hydrogen) atoms. The van der Waals surface area contributed by atoms with Crippen molar-refractivity contribution >= 4 is 5.97 Å². The largest absolute Gasteiger partial charge is 0.475 e. The summed E-state index contributed by atoms with van der Waals surface area (Å²) in [6, 6.07) is 3.25. The second-order valence-electron chi connectivity index (χ2n) is 4.75. The van der Waals surface area contributed by atoms with Crippen LogP contribution in [0.25, 0.3) is 0 Å². The summed E-state index contributed by atoms with van der Waals surface area (Å²) in [6.07, 6.45) is 2.25. The third-order valence-corrected chi connectivity index (χ3v) is 3.36. The normalized spacial score (nSPS) is 18.1. The first-order valence-corrected chi connectivity index (χ1v) is 6.22. The SMILES string of the molecule is COCC1CCN(Cc2ccc(C(=O)O)o2)CC1. The van der Waals surface area contributed by atoms with E-state index in [-0.39, 0.29) is 5.76 Å². The van der Waals surface area contributed by atoms with Crippen LogP contribution in [0.2, 0.25) is 0 Å². The lowest BCUT2D eigenvalue weighted by molar-refractivity contribution is 0.0654. The highest BCUT2D eigenvalue weighted by Gasteiger charge is 2.20. The molecule has 0 unspecified atom stereocenters. The van der Waals surface area contributed by atoms with E-state index in [1.54, 1.807) is 13.2 Å². The van der Waals surface area contributed by atoms with E-state index < -0.39 is 5.97 Å². The minimum absolute atomic E-state index is 0.0132. The molecule has 0 saturated carbocycles. The predicted octanol–water partition coefficient (Wildman–Crippen LogP) is 1.84. The van der Waals surface area contributed by atoms with Crippen molar-refractivity contribution in [1.29, 1.82) is 0 Å². The molecule has 1 fully saturated rings. The molecule has 2 heterocycles.